The number of hydrogen-bond donors (Lipinski definition) is 1. The van der Waals surface area contributed by atoms with E-state index in [2.05, 4.69) is 28.1 Å². The molecule has 0 saturated heterocycles. The van der Waals surface area contributed by atoms with Gasteiger partial charge in [-0.05, 0) is 12.8 Å². The van der Waals surface area contributed by atoms with E-state index in [1.807, 2.05) is 0 Å². The van der Waals surface area contributed by atoms with Gasteiger partial charge in [-0.25, -0.2) is 0 Å². The summed E-state index contributed by atoms with van der Waals surface area (Å²) < 4.78 is 1.12. The highest BCUT2D eigenvalue weighted by atomic mass is 16.6. The number of unbranched alkanes of at least 4 members (excludes halogenated alkanes) is 14. The summed E-state index contributed by atoms with van der Waals surface area (Å²) >= 11 is 0. The molecule has 4 heteroatoms. The second-order valence-electron chi connectivity index (χ2n) is 8.23. The summed E-state index contributed by atoms with van der Waals surface area (Å²) in [5, 5.41) is 15.3. The van der Waals surface area contributed by atoms with Crippen molar-refractivity contribution in [1.82, 2.24) is 0 Å². The van der Waals surface area contributed by atoms with Gasteiger partial charge in [0.15, 0.2) is 0 Å². The third-order valence-corrected chi connectivity index (χ3v) is 4.43. The lowest BCUT2D eigenvalue weighted by Crippen LogP contribution is -2.35. The van der Waals surface area contributed by atoms with Gasteiger partial charge in [-0.1, -0.05) is 90.4 Å². The van der Waals surface area contributed by atoms with Crippen LogP contribution in [0.5, 0.6) is 0 Å². The van der Waals surface area contributed by atoms with Crippen LogP contribution in [0.3, 0.4) is 0 Å². The highest BCUT2D eigenvalue weighted by Crippen LogP contribution is 2.13. The van der Waals surface area contributed by atoms with Gasteiger partial charge < -0.3 is 19.5 Å². The van der Waals surface area contributed by atoms with E-state index in [1.165, 1.54) is 103 Å². The van der Waals surface area contributed by atoms with E-state index in [0.717, 1.165) is 4.48 Å². The Morgan fingerprint density at radius 1 is 0.680 bits per heavy atom. The van der Waals surface area contributed by atoms with Crippen LogP contribution in [0.15, 0.2) is 0 Å². The minimum atomic E-state index is -2.08. The molecular formula is C21H45NO3. The van der Waals surface area contributed by atoms with Crippen LogP contribution in [0.25, 0.3) is 0 Å². The predicted molar refractivity (Wildman–Crippen MR) is 106 cm³/mol. The molecule has 0 aromatic carbocycles. The molecule has 0 spiro atoms. The topological polar surface area (TPSA) is 60.4 Å². The van der Waals surface area contributed by atoms with Gasteiger partial charge in [-0.2, -0.15) is 0 Å². The largest absolute Gasteiger partial charge is 0.565 e. The Balaban J connectivity index is 0. The molecule has 0 aliphatic carbocycles. The summed E-state index contributed by atoms with van der Waals surface area (Å²) in [5.74, 6) is 0. The minimum Gasteiger partial charge on any atom is -0.565 e. The molecule has 0 unspecified atom stereocenters. The Bertz CT molecular complexity index is 271. The van der Waals surface area contributed by atoms with Crippen LogP contribution in [0.1, 0.15) is 103 Å². The van der Waals surface area contributed by atoms with Gasteiger partial charge >= 0.3 is 0 Å². The molecule has 0 saturated carbocycles. The van der Waals surface area contributed by atoms with E-state index < -0.39 is 6.16 Å². The lowest BCUT2D eigenvalue weighted by Gasteiger charge is -2.23. The molecule has 0 rings (SSSR count). The molecule has 0 fully saturated rings. The number of rotatable bonds is 16. The standard InChI is InChI=1S/C20H44N.CH2O3/c1-5-6-7-8-9-10-11-12-13-14-15-16-17-18-19-20-21(2,3)4;2-1(3)4/h5-20H2,1-4H3;(H2,2,3,4)/q+1;/p-1. The van der Waals surface area contributed by atoms with Crippen LogP contribution >= 0.6 is 0 Å². The first-order chi connectivity index (χ1) is 11.8. The summed E-state index contributed by atoms with van der Waals surface area (Å²) in [6.07, 6.45) is 19.8. The van der Waals surface area contributed by atoms with E-state index in [0.29, 0.717) is 0 Å². The molecule has 0 aromatic heterocycles. The van der Waals surface area contributed by atoms with Crippen LogP contribution < -0.4 is 5.11 Å². The fourth-order valence-electron chi connectivity index (χ4n) is 2.96. The van der Waals surface area contributed by atoms with E-state index in [9.17, 15) is 0 Å². The first kappa shape index (κ1) is 26.5. The van der Waals surface area contributed by atoms with E-state index in [-0.39, 0.29) is 0 Å². The van der Waals surface area contributed by atoms with E-state index in [1.54, 1.807) is 0 Å². The average Bonchev–Trinajstić information content (AvgIpc) is 2.49. The molecule has 0 amide bonds. The van der Waals surface area contributed by atoms with Crippen molar-refractivity contribution in [2.24, 2.45) is 0 Å². The highest BCUT2D eigenvalue weighted by molar-refractivity contribution is 5.50. The predicted octanol–water partition coefficient (Wildman–Crippen LogP) is 5.45. The van der Waals surface area contributed by atoms with E-state index >= 15 is 0 Å². The van der Waals surface area contributed by atoms with Gasteiger partial charge in [0.1, 0.15) is 0 Å². The average molecular weight is 360 g/mol. The second-order valence-corrected chi connectivity index (χ2v) is 8.23. The minimum absolute atomic E-state index is 1.12. The molecule has 0 radical (unpaired) electrons. The number of nitrogens with zero attached hydrogens (tertiary/aromatic N) is 1. The fraction of sp³-hybridized carbons (Fsp3) is 0.952. The number of carbonyl (C=O) groups is 1. The molecule has 0 heterocycles. The number of quaternary nitrogens is 1. The maximum absolute atomic E-state index is 8.44. The van der Waals surface area contributed by atoms with Gasteiger partial charge in [0.05, 0.1) is 27.7 Å². The maximum atomic E-state index is 8.44. The lowest BCUT2D eigenvalue weighted by atomic mass is 10.0. The second kappa shape index (κ2) is 19.6. The van der Waals surface area contributed by atoms with Gasteiger partial charge in [-0.15, -0.1) is 0 Å². The van der Waals surface area contributed by atoms with Gasteiger partial charge in [0.25, 0.3) is 0 Å². The molecule has 1 N–H and O–H groups in total. The number of carboxylic acid groups (broad SMARTS) is 2. The van der Waals surface area contributed by atoms with Crippen LogP contribution in [0.4, 0.5) is 4.79 Å². The zero-order valence-corrected chi connectivity index (χ0v) is 17.5. The molecule has 152 valence electrons. The fourth-order valence-corrected chi connectivity index (χ4v) is 2.96. The first-order valence-corrected chi connectivity index (χ1v) is 10.5. The SMILES string of the molecule is CCCCCCCCCCCCCCCCC[N+](C)(C)C.O=C([O-])O. The summed E-state index contributed by atoms with van der Waals surface area (Å²) in [6.45, 7) is 3.63. The Labute approximate surface area is 157 Å². The van der Waals surface area contributed by atoms with Gasteiger partial charge in [-0.3, -0.25) is 0 Å². The van der Waals surface area contributed by atoms with Crippen molar-refractivity contribution < 1.29 is 19.5 Å². The van der Waals surface area contributed by atoms with Crippen molar-refractivity contribution in [3.63, 3.8) is 0 Å². The monoisotopic (exact) mass is 359 g/mol. The Morgan fingerprint density at radius 2 is 0.920 bits per heavy atom. The third kappa shape index (κ3) is 35.3. The summed E-state index contributed by atoms with van der Waals surface area (Å²) in [4.78, 5) is 8.44. The van der Waals surface area contributed by atoms with Crippen molar-refractivity contribution in [2.45, 2.75) is 103 Å². The van der Waals surface area contributed by atoms with Crippen molar-refractivity contribution in [3.05, 3.63) is 0 Å². The Kier molecular flexibility index (Phi) is 20.7. The maximum Gasteiger partial charge on any atom is 0.249 e. The number of hydrogen-bond acceptors (Lipinski definition) is 2. The van der Waals surface area contributed by atoms with Crippen LogP contribution in [0, 0.1) is 0 Å². The highest BCUT2D eigenvalue weighted by Gasteiger charge is 2.04. The molecule has 0 atom stereocenters. The van der Waals surface area contributed by atoms with Gasteiger partial charge in [0.2, 0.25) is 6.16 Å². The quantitative estimate of drug-likeness (QED) is 0.294. The van der Waals surface area contributed by atoms with Gasteiger partial charge in [0, 0.05) is 0 Å². The van der Waals surface area contributed by atoms with Crippen molar-refractivity contribution in [3.8, 4) is 0 Å². The zero-order valence-electron chi connectivity index (χ0n) is 17.5. The molecule has 0 bridgehead atoms. The Hall–Kier alpha value is -0.770. The molecule has 0 aliphatic heterocycles. The van der Waals surface area contributed by atoms with E-state index in [4.69, 9.17) is 15.0 Å². The summed E-state index contributed by atoms with van der Waals surface area (Å²) in [7, 11) is 6.89. The smallest absolute Gasteiger partial charge is 0.249 e. The molecule has 4 nitrogen and oxygen atoms in total. The normalized spacial score (nSPS) is 11.0. The molecule has 0 aliphatic rings. The van der Waals surface area contributed by atoms with Crippen LogP contribution in [-0.4, -0.2) is 43.4 Å². The first-order valence-electron chi connectivity index (χ1n) is 10.5. The zero-order chi connectivity index (χ0) is 19.4. The summed E-state index contributed by atoms with van der Waals surface area (Å²) in [6, 6.07) is 0. The molecule has 0 aromatic rings. The van der Waals surface area contributed by atoms with Crippen LogP contribution in [-0.2, 0) is 0 Å². The molecular weight excluding hydrogens is 314 g/mol. The Morgan fingerprint density at radius 3 is 1.16 bits per heavy atom. The van der Waals surface area contributed by atoms with Crippen molar-refractivity contribution in [1.29, 1.82) is 0 Å². The van der Waals surface area contributed by atoms with Crippen molar-refractivity contribution >= 4 is 6.16 Å². The van der Waals surface area contributed by atoms with Crippen molar-refractivity contribution in [2.75, 3.05) is 27.7 Å². The molecule has 25 heavy (non-hydrogen) atoms. The third-order valence-electron chi connectivity index (χ3n) is 4.43. The lowest BCUT2D eigenvalue weighted by molar-refractivity contribution is -0.870. The van der Waals surface area contributed by atoms with Crippen LogP contribution in [0.2, 0.25) is 0 Å². The summed E-state index contributed by atoms with van der Waals surface area (Å²) in [5.41, 5.74) is 0.